The predicted molar refractivity (Wildman–Crippen MR) is 135 cm³/mol. The fourth-order valence-corrected chi connectivity index (χ4v) is 4.45. The van der Waals surface area contributed by atoms with Gasteiger partial charge in [0.15, 0.2) is 0 Å². The summed E-state index contributed by atoms with van der Waals surface area (Å²) >= 11 is 0. The molecule has 0 fully saturated rings. The summed E-state index contributed by atoms with van der Waals surface area (Å²) in [5.41, 5.74) is 9.23. The van der Waals surface area contributed by atoms with Gasteiger partial charge in [-0.1, -0.05) is 103 Å². The molecule has 0 bridgehead atoms. The van der Waals surface area contributed by atoms with Gasteiger partial charge in [0.1, 0.15) is 19.0 Å². The van der Waals surface area contributed by atoms with E-state index >= 15 is 0 Å². The molecule has 0 amide bonds. The monoisotopic (exact) mass is 406 g/mol. The van der Waals surface area contributed by atoms with Crippen LogP contribution in [0.3, 0.4) is 0 Å². The highest BCUT2D eigenvalue weighted by molar-refractivity contribution is 6.36. The van der Waals surface area contributed by atoms with Crippen molar-refractivity contribution in [2.24, 2.45) is 0 Å². The fourth-order valence-electron chi connectivity index (χ4n) is 4.45. The van der Waals surface area contributed by atoms with E-state index in [2.05, 4.69) is 84.9 Å². The van der Waals surface area contributed by atoms with Crippen LogP contribution in [-0.4, -0.2) is 7.85 Å². The topological polar surface area (TPSA) is 13.1 Å². The smallest absolute Gasteiger partial charge is 0.143 e. The van der Waals surface area contributed by atoms with E-state index < -0.39 is 0 Å². The third-order valence-corrected chi connectivity index (χ3v) is 6.05. The van der Waals surface area contributed by atoms with Crippen molar-refractivity contribution in [1.29, 1.82) is 0 Å². The van der Waals surface area contributed by atoms with E-state index in [1.54, 1.807) is 0 Å². The number of furan rings is 1. The number of benzene rings is 5. The minimum absolute atomic E-state index is 0.767. The van der Waals surface area contributed by atoms with Crippen molar-refractivity contribution in [2.75, 3.05) is 0 Å². The standard InChI is InChI=1S/C30H19BO/c31-28-17-16-21(20-8-2-1-3-9-20)19-27(28)23-11-6-10-22(18-23)24-13-7-14-26-25-12-4-5-15-29(25)32-30(24)26/h1-19H. The first kappa shape index (κ1) is 18.7. The first-order chi connectivity index (χ1) is 15.8. The molecule has 6 aromatic rings. The van der Waals surface area contributed by atoms with Gasteiger partial charge in [0, 0.05) is 16.3 Å². The van der Waals surface area contributed by atoms with Gasteiger partial charge in [-0.3, -0.25) is 0 Å². The first-order valence-electron chi connectivity index (χ1n) is 10.7. The third kappa shape index (κ3) is 3.12. The Balaban J connectivity index is 1.50. The number of fused-ring (bicyclic) bond motifs is 3. The summed E-state index contributed by atoms with van der Waals surface area (Å²) in [5.74, 6) is 0. The largest absolute Gasteiger partial charge is 0.455 e. The lowest BCUT2D eigenvalue weighted by molar-refractivity contribution is 0.670. The van der Waals surface area contributed by atoms with Crippen LogP contribution in [0.25, 0.3) is 55.3 Å². The van der Waals surface area contributed by atoms with Crippen LogP contribution in [0, 0.1) is 0 Å². The quantitative estimate of drug-likeness (QED) is 0.280. The first-order valence-corrected chi connectivity index (χ1v) is 10.7. The maximum Gasteiger partial charge on any atom is 0.143 e. The molecule has 0 aliphatic rings. The summed E-state index contributed by atoms with van der Waals surface area (Å²) in [6.45, 7) is 0. The van der Waals surface area contributed by atoms with Crippen molar-refractivity contribution >= 4 is 35.2 Å². The number of para-hydroxylation sites is 2. The van der Waals surface area contributed by atoms with Crippen molar-refractivity contribution in [2.45, 2.75) is 0 Å². The molecule has 0 spiro atoms. The molecule has 6 rings (SSSR count). The SMILES string of the molecule is [B]c1ccc(-c2ccccc2)cc1-c1cccc(-c2cccc3c2oc2ccccc23)c1. The Morgan fingerprint density at radius 1 is 0.469 bits per heavy atom. The molecule has 0 N–H and O–H groups in total. The molecular weight excluding hydrogens is 387 g/mol. The summed E-state index contributed by atoms with van der Waals surface area (Å²) in [4.78, 5) is 0. The van der Waals surface area contributed by atoms with E-state index in [0.717, 1.165) is 55.2 Å². The van der Waals surface area contributed by atoms with Crippen molar-refractivity contribution in [3.8, 4) is 33.4 Å². The normalized spacial score (nSPS) is 11.2. The molecule has 1 nitrogen and oxygen atoms in total. The van der Waals surface area contributed by atoms with Crippen molar-refractivity contribution < 1.29 is 4.42 Å². The van der Waals surface area contributed by atoms with Gasteiger partial charge in [0.2, 0.25) is 0 Å². The molecule has 32 heavy (non-hydrogen) atoms. The Labute approximate surface area is 188 Å². The molecule has 2 radical (unpaired) electrons. The molecule has 2 heteroatoms. The third-order valence-electron chi connectivity index (χ3n) is 6.05. The van der Waals surface area contributed by atoms with E-state index in [1.165, 1.54) is 5.56 Å². The Morgan fingerprint density at radius 2 is 1.16 bits per heavy atom. The van der Waals surface area contributed by atoms with Gasteiger partial charge in [0.05, 0.1) is 0 Å². The Bertz CT molecular complexity index is 1580. The van der Waals surface area contributed by atoms with E-state index in [9.17, 15) is 0 Å². The highest BCUT2D eigenvalue weighted by Gasteiger charge is 2.13. The molecule has 0 unspecified atom stereocenters. The van der Waals surface area contributed by atoms with Gasteiger partial charge in [-0.25, -0.2) is 0 Å². The summed E-state index contributed by atoms with van der Waals surface area (Å²) in [7, 11) is 6.41. The van der Waals surface area contributed by atoms with Gasteiger partial charge >= 0.3 is 0 Å². The maximum absolute atomic E-state index is 6.41. The molecule has 5 aromatic carbocycles. The zero-order valence-electron chi connectivity index (χ0n) is 17.5. The lowest BCUT2D eigenvalue weighted by Crippen LogP contribution is -2.06. The average molecular weight is 406 g/mol. The fraction of sp³-hybridized carbons (Fsp3) is 0. The Kier molecular flexibility index (Phi) is 4.43. The van der Waals surface area contributed by atoms with E-state index in [4.69, 9.17) is 12.3 Å². The van der Waals surface area contributed by atoms with Gasteiger partial charge in [0.25, 0.3) is 0 Å². The van der Waals surface area contributed by atoms with E-state index in [0.29, 0.717) is 0 Å². The zero-order valence-corrected chi connectivity index (χ0v) is 17.5. The van der Waals surface area contributed by atoms with Gasteiger partial charge in [-0.05, 0) is 46.0 Å². The second kappa shape index (κ2) is 7.58. The minimum Gasteiger partial charge on any atom is -0.455 e. The van der Waals surface area contributed by atoms with Gasteiger partial charge in [-0.2, -0.15) is 0 Å². The zero-order chi connectivity index (χ0) is 21.5. The van der Waals surface area contributed by atoms with E-state index in [1.807, 2.05) is 30.3 Å². The van der Waals surface area contributed by atoms with Crippen molar-refractivity contribution in [3.05, 3.63) is 115 Å². The molecule has 0 aliphatic carbocycles. The molecule has 0 saturated heterocycles. The predicted octanol–water partition coefficient (Wildman–Crippen LogP) is 7.38. The number of rotatable bonds is 3. The van der Waals surface area contributed by atoms with Gasteiger partial charge in [-0.15, -0.1) is 0 Å². The molecule has 0 aliphatic heterocycles. The lowest BCUT2D eigenvalue weighted by atomic mass is 9.84. The van der Waals surface area contributed by atoms with Crippen molar-refractivity contribution in [3.63, 3.8) is 0 Å². The Hall–Kier alpha value is -4.04. The van der Waals surface area contributed by atoms with Crippen LogP contribution in [0.2, 0.25) is 0 Å². The summed E-state index contributed by atoms with van der Waals surface area (Å²) in [6, 6.07) is 39.7. The minimum atomic E-state index is 0.767. The maximum atomic E-state index is 6.41. The summed E-state index contributed by atoms with van der Waals surface area (Å²) in [5, 5.41) is 2.27. The molecule has 148 valence electrons. The molecule has 0 saturated carbocycles. The molecule has 1 heterocycles. The second-order valence-electron chi connectivity index (χ2n) is 8.03. The number of hydrogen-bond donors (Lipinski definition) is 0. The van der Waals surface area contributed by atoms with Gasteiger partial charge < -0.3 is 4.42 Å². The molecular formula is C30H19BO. The van der Waals surface area contributed by atoms with Crippen LogP contribution < -0.4 is 5.46 Å². The Morgan fingerprint density at radius 3 is 2.03 bits per heavy atom. The average Bonchev–Trinajstić information content (AvgIpc) is 3.24. The number of hydrogen-bond acceptors (Lipinski definition) is 1. The lowest BCUT2D eigenvalue weighted by Gasteiger charge is -2.12. The highest BCUT2D eigenvalue weighted by Crippen LogP contribution is 2.37. The van der Waals surface area contributed by atoms with Crippen LogP contribution in [-0.2, 0) is 0 Å². The van der Waals surface area contributed by atoms with E-state index in [-0.39, 0.29) is 0 Å². The highest BCUT2D eigenvalue weighted by atomic mass is 16.3. The molecule has 1 aromatic heterocycles. The summed E-state index contributed by atoms with van der Waals surface area (Å²) in [6.07, 6.45) is 0. The summed E-state index contributed by atoms with van der Waals surface area (Å²) < 4.78 is 6.26. The van der Waals surface area contributed by atoms with Crippen LogP contribution in [0.15, 0.2) is 120 Å². The van der Waals surface area contributed by atoms with Crippen LogP contribution in [0.4, 0.5) is 0 Å². The van der Waals surface area contributed by atoms with Crippen molar-refractivity contribution in [1.82, 2.24) is 0 Å². The second-order valence-corrected chi connectivity index (χ2v) is 8.03. The van der Waals surface area contributed by atoms with Crippen LogP contribution in [0.1, 0.15) is 0 Å². The molecule has 0 atom stereocenters. The van der Waals surface area contributed by atoms with Crippen LogP contribution in [0.5, 0.6) is 0 Å². The van der Waals surface area contributed by atoms with Crippen LogP contribution >= 0.6 is 0 Å².